The number of rotatable bonds is 4. The van der Waals surface area contributed by atoms with Gasteiger partial charge in [0.2, 0.25) is 11.9 Å². The Morgan fingerprint density at radius 2 is 1.33 bits per heavy atom. The predicted molar refractivity (Wildman–Crippen MR) is 53.1 cm³/mol. The fraction of sp³-hybridized carbons (Fsp3) is 0.429. The number of nitrogens with two attached hydrogens (primary N) is 2. The van der Waals surface area contributed by atoms with Crippen LogP contribution in [0.1, 0.15) is 6.42 Å². The predicted octanol–water partition coefficient (Wildman–Crippen LogP) is -1.27. The summed E-state index contributed by atoms with van der Waals surface area (Å²) in [6.07, 6.45) is 3.84. The molecule has 0 aromatic heterocycles. The molecule has 8 nitrogen and oxygen atoms in total. The lowest BCUT2D eigenvalue weighted by Gasteiger charge is -2.15. The second-order valence-electron chi connectivity index (χ2n) is 2.63. The molecule has 0 rings (SSSR count). The van der Waals surface area contributed by atoms with Crippen LogP contribution in [0.3, 0.4) is 0 Å². The van der Waals surface area contributed by atoms with Crippen LogP contribution in [0.2, 0.25) is 0 Å². The van der Waals surface area contributed by atoms with Crippen molar-refractivity contribution in [2.45, 2.75) is 6.42 Å². The van der Waals surface area contributed by atoms with Crippen molar-refractivity contribution in [2.75, 3.05) is 13.1 Å². The third-order valence-electron chi connectivity index (χ3n) is 1.59. The van der Waals surface area contributed by atoms with E-state index in [2.05, 4.69) is 0 Å². The average Bonchev–Trinajstić information content (AvgIpc) is 2.17. The molecule has 80 valence electrons. The zero-order valence-electron chi connectivity index (χ0n) is 8.06. The van der Waals surface area contributed by atoms with Crippen LogP contribution in [-0.2, 0) is 0 Å². The summed E-state index contributed by atoms with van der Waals surface area (Å²) >= 11 is 0. The molecular formula is C7H12N8. The molecule has 0 unspecified atom stereocenters. The first-order valence-electron chi connectivity index (χ1n) is 4.05. The maximum absolute atomic E-state index is 8.54. The van der Waals surface area contributed by atoms with E-state index < -0.39 is 0 Å². The molecule has 0 aliphatic carbocycles. The van der Waals surface area contributed by atoms with Crippen LogP contribution in [0.25, 0.3) is 0 Å². The van der Waals surface area contributed by atoms with E-state index in [-0.39, 0.29) is 25.0 Å². The van der Waals surface area contributed by atoms with E-state index >= 15 is 0 Å². The number of hydrogen-bond acceptors (Lipinski definition) is 4. The summed E-state index contributed by atoms with van der Waals surface area (Å²) in [6, 6.07) is 0. The monoisotopic (exact) mass is 208 g/mol. The summed E-state index contributed by atoms with van der Waals surface area (Å²) < 4.78 is 0. The van der Waals surface area contributed by atoms with Crippen molar-refractivity contribution in [3.05, 3.63) is 0 Å². The van der Waals surface area contributed by atoms with Crippen molar-refractivity contribution in [2.24, 2.45) is 11.5 Å². The Labute approximate surface area is 87.3 Å². The van der Waals surface area contributed by atoms with Crippen molar-refractivity contribution in [3.63, 3.8) is 0 Å². The van der Waals surface area contributed by atoms with Gasteiger partial charge in [-0.25, -0.2) is 9.80 Å². The van der Waals surface area contributed by atoms with Crippen LogP contribution in [0, 0.1) is 33.7 Å². The Kier molecular flexibility index (Phi) is 5.05. The lowest BCUT2D eigenvalue weighted by molar-refractivity contribution is 0.473. The summed E-state index contributed by atoms with van der Waals surface area (Å²) in [5, 5.41) is 31.1. The van der Waals surface area contributed by atoms with E-state index in [9.17, 15) is 0 Å². The van der Waals surface area contributed by atoms with E-state index in [1.807, 2.05) is 0 Å². The van der Waals surface area contributed by atoms with Gasteiger partial charge in [0.1, 0.15) is 0 Å². The van der Waals surface area contributed by atoms with Crippen LogP contribution in [0.5, 0.6) is 0 Å². The molecule has 0 atom stereocenters. The van der Waals surface area contributed by atoms with E-state index in [1.165, 1.54) is 0 Å². The quantitative estimate of drug-likeness (QED) is 0.195. The van der Waals surface area contributed by atoms with Crippen molar-refractivity contribution in [1.29, 1.82) is 21.3 Å². The third-order valence-corrected chi connectivity index (χ3v) is 1.59. The van der Waals surface area contributed by atoms with Gasteiger partial charge in [-0.05, 0) is 6.42 Å². The molecule has 0 heterocycles. The van der Waals surface area contributed by atoms with Crippen LogP contribution in [0.4, 0.5) is 0 Å². The zero-order chi connectivity index (χ0) is 11.8. The smallest absolute Gasteiger partial charge is 0.201 e. The van der Waals surface area contributed by atoms with E-state index in [0.717, 1.165) is 9.80 Å². The van der Waals surface area contributed by atoms with E-state index in [4.69, 9.17) is 32.8 Å². The fourth-order valence-corrected chi connectivity index (χ4v) is 0.836. The van der Waals surface area contributed by atoms with Gasteiger partial charge in [0.05, 0.1) is 0 Å². The minimum atomic E-state index is -0.344. The van der Waals surface area contributed by atoms with Gasteiger partial charge in [0.15, 0.2) is 12.4 Å². The second-order valence-corrected chi connectivity index (χ2v) is 2.63. The summed E-state index contributed by atoms with van der Waals surface area (Å²) in [7, 11) is 0. The average molecular weight is 208 g/mol. The van der Waals surface area contributed by atoms with E-state index in [0.29, 0.717) is 6.42 Å². The highest BCUT2D eigenvalue weighted by atomic mass is 15.2. The Morgan fingerprint density at radius 1 is 1.00 bits per heavy atom. The van der Waals surface area contributed by atoms with Crippen LogP contribution in [0.15, 0.2) is 0 Å². The number of nitrogens with one attached hydrogen (secondary N) is 2. The Hall–Kier alpha value is -2.48. The molecule has 6 N–H and O–H groups in total. The Morgan fingerprint density at radius 3 is 1.53 bits per heavy atom. The molecule has 0 aromatic rings. The largest absolute Gasteiger partial charge is 0.369 e. The normalized spacial score (nSPS) is 8.40. The van der Waals surface area contributed by atoms with Crippen LogP contribution in [-0.4, -0.2) is 34.8 Å². The second kappa shape index (κ2) is 6.05. The van der Waals surface area contributed by atoms with Crippen LogP contribution < -0.4 is 11.5 Å². The molecule has 8 heteroatoms. The van der Waals surface area contributed by atoms with Gasteiger partial charge in [0.25, 0.3) is 0 Å². The van der Waals surface area contributed by atoms with Gasteiger partial charge in [-0.3, -0.25) is 10.8 Å². The van der Waals surface area contributed by atoms with Gasteiger partial charge in [0, 0.05) is 13.1 Å². The fourth-order valence-electron chi connectivity index (χ4n) is 0.836. The highest BCUT2D eigenvalue weighted by Gasteiger charge is 2.08. The number of guanidine groups is 2. The molecule has 0 amide bonds. The maximum atomic E-state index is 8.54. The molecular weight excluding hydrogens is 196 g/mol. The molecule has 0 fully saturated rings. The molecule has 0 aromatic carbocycles. The molecule has 0 aliphatic heterocycles. The molecule has 0 aliphatic rings. The minimum absolute atomic E-state index is 0.220. The molecule has 0 bridgehead atoms. The first-order valence-corrected chi connectivity index (χ1v) is 4.05. The Balaban J connectivity index is 3.99. The van der Waals surface area contributed by atoms with Gasteiger partial charge >= 0.3 is 0 Å². The Bertz CT molecular complexity index is 289. The number of nitrogens with zero attached hydrogens (tertiary/aromatic N) is 4. The van der Waals surface area contributed by atoms with Gasteiger partial charge in [-0.1, -0.05) is 0 Å². The third kappa shape index (κ3) is 4.33. The standard InChI is InChI=1S/C7H12N8/c8-4-14(6(10)11)2-1-3-15(5-9)7(12)13/h1-3H2,(H3,10,11)(H3,12,13). The molecule has 15 heavy (non-hydrogen) atoms. The van der Waals surface area contributed by atoms with Gasteiger partial charge in [-0.2, -0.15) is 10.5 Å². The van der Waals surface area contributed by atoms with Crippen molar-refractivity contribution in [3.8, 4) is 12.4 Å². The molecule has 0 radical (unpaired) electrons. The maximum Gasteiger partial charge on any atom is 0.201 e. The topological polar surface area (TPSA) is 154 Å². The summed E-state index contributed by atoms with van der Waals surface area (Å²) in [6.45, 7) is 0.439. The molecule has 0 saturated carbocycles. The molecule has 0 saturated heterocycles. The summed E-state index contributed by atoms with van der Waals surface area (Å²) in [4.78, 5) is 1.96. The number of hydrogen-bond donors (Lipinski definition) is 4. The first-order chi connectivity index (χ1) is 7.02. The van der Waals surface area contributed by atoms with Gasteiger partial charge < -0.3 is 11.5 Å². The van der Waals surface area contributed by atoms with Crippen LogP contribution >= 0.6 is 0 Å². The highest BCUT2D eigenvalue weighted by Crippen LogP contribution is 1.92. The highest BCUT2D eigenvalue weighted by molar-refractivity contribution is 5.76. The summed E-state index contributed by atoms with van der Waals surface area (Å²) in [5.41, 5.74) is 10.2. The minimum Gasteiger partial charge on any atom is -0.369 e. The van der Waals surface area contributed by atoms with Crippen molar-refractivity contribution >= 4 is 11.9 Å². The summed E-state index contributed by atoms with van der Waals surface area (Å²) in [5.74, 6) is -0.687. The SMILES string of the molecule is N#CN(CCCN(C#N)C(=N)N)C(=N)N. The molecule has 0 spiro atoms. The van der Waals surface area contributed by atoms with Crippen molar-refractivity contribution in [1.82, 2.24) is 9.80 Å². The van der Waals surface area contributed by atoms with E-state index in [1.54, 1.807) is 12.4 Å². The number of nitriles is 2. The van der Waals surface area contributed by atoms with Gasteiger partial charge in [-0.15, -0.1) is 0 Å². The lowest BCUT2D eigenvalue weighted by Crippen LogP contribution is -2.37. The first kappa shape index (κ1) is 12.5. The lowest BCUT2D eigenvalue weighted by atomic mass is 10.4. The zero-order valence-corrected chi connectivity index (χ0v) is 8.06. The van der Waals surface area contributed by atoms with Crippen molar-refractivity contribution < 1.29 is 0 Å².